The van der Waals surface area contributed by atoms with Gasteiger partial charge in [-0.15, -0.1) is 5.16 Å². The number of carbonyl (C=O) groups excluding carboxylic acids is 10. The van der Waals surface area contributed by atoms with E-state index < -0.39 is 181 Å². The molecule has 2 aromatic rings. The van der Waals surface area contributed by atoms with Crippen molar-refractivity contribution >= 4 is 99.0 Å². The third kappa shape index (κ3) is 17.5. The number of rotatable bonds is 20. The van der Waals surface area contributed by atoms with Gasteiger partial charge in [0.25, 0.3) is 0 Å². The molecule has 26 nitrogen and oxygen atoms in total. The van der Waals surface area contributed by atoms with Gasteiger partial charge in [0, 0.05) is 85.7 Å². The minimum Gasteiger partial charge on any atom is -0.496 e. The van der Waals surface area contributed by atoms with Crippen LogP contribution in [0.3, 0.4) is 0 Å². The first-order valence-corrected chi connectivity index (χ1v) is 29.2. The van der Waals surface area contributed by atoms with Crippen molar-refractivity contribution in [2.24, 2.45) is 34.6 Å². The summed E-state index contributed by atoms with van der Waals surface area (Å²) in [6, 6.07) is -3.65. The Bertz CT molecular complexity index is 2640. The van der Waals surface area contributed by atoms with Crippen LogP contribution in [0.4, 0.5) is 0 Å². The maximum atomic E-state index is 15.3. The molecule has 3 aliphatic rings. The number of aliphatic hydroxyl groups is 3. The monoisotopic (exact) mass is 1160 g/mol. The van der Waals surface area contributed by atoms with Crippen LogP contribution in [0.25, 0.3) is 10.9 Å². The lowest BCUT2D eigenvalue weighted by atomic mass is 9.85. The first-order chi connectivity index (χ1) is 38.1. The van der Waals surface area contributed by atoms with E-state index in [1.54, 1.807) is 26.0 Å². The van der Waals surface area contributed by atoms with Crippen molar-refractivity contribution in [1.82, 2.24) is 41.8 Å². The average molecular weight is 1160 g/mol. The van der Waals surface area contributed by atoms with E-state index in [2.05, 4.69) is 48.8 Å². The van der Waals surface area contributed by atoms with E-state index in [0.717, 1.165) is 11.3 Å². The number of Topliss-reactive ketones (excluding diaryl/α,β-unsaturated/α-hetero) is 2. The molecule has 1 fully saturated rings. The second kappa shape index (κ2) is 30.9. The number of aliphatic hydroxyl groups excluding tert-OH is 3. The van der Waals surface area contributed by atoms with Crippen LogP contribution in [-0.4, -0.2) is 189 Å². The largest absolute Gasteiger partial charge is 0.496 e. The van der Waals surface area contributed by atoms with E-state index in [1.807, 2.05) is 0 Å². The molecule has 1 saturated heterocycles. The Labute approximate surface area is 469 Å². The van der Waals surface area contributed by atoms with Crippen LogP contribution in [0, 0.1) is 23.7 Å². The van der Waals surface area contributed by atoms with Crippen molar-refractivity contribution in [1.29, 1.82) is 0 Å². The van der Waals surface area contributed by atoms with Gasteiger partial charge < -0.3 is 72.4 Å². The third-order valence-corrected chi connectivity index (χ3v) is 17.1. The van der Waals surface area contributed by atoms with Gasteiger partial charge in [0.15, 0.2) is 11.6 Å². The summed E-state index contributed by atoms with van der Waals surface area (Å²) < 4.78 is 21.0. The Balaban J connectivity index is 1.69. The van der Waals surface area contributed by atoms with Crippen LogP contribution < -0.4 is 42.4 Å². The molecule has 12 N–H and O–H groups in total. The number of nitrogens with one attached hydrogen (secondary N) is 7. The first-order valence-electron chi connectivity index (χ1n) is 26.7. The first kappa shape index (κ1) is 64.3. The average Bonchev–Trinajstić information content (AvgIpc) is 4.03. The number of nitrogens with zero attached hydrogens (tertiary/aromatic N) is 2. The van der Waals surface area contributed by atoms with E-state index in [4.69, 9.17) is 15.3 Å². The highest BCUT2D eigenvalue weighted by molar-refractivity contribution is 7.98. The number of benzene rings is 1. The molecule has 4 heterocycles. The number of nitrogens with two attached hydrogens (primary N) is 1. The van der Waals surface area contributed by atoms with Gasteiger partial charge in [-0.2, -0.15) is 11.8 Å². The van der Waals surface area contributed by atoms with E-state index in [-0.39, 0.29) is 28.7 Å². The zero-order chi connectivity index (χ0) is 58.8. The van der Waals surface area contributed by atoms with Crippen LogP contribution in [0.5, 0.6) is 5.75 Å². The van der Waals surface area contributed by atoms with Crippen LogP contribution in [0.1, 0.15) is 89.7 Å². The predicted molar refractivity (Wildman–Crippen MR) is 293 cm³/mol. The van der Waals surface area contributed by atoms with Gasteiger partial charge in [0.1, 0.15) is 35.5 Å². The minimum atomic E-state index is -2.40. The number of H-pyrrole nitrogens is 1. The number of aromatic amines is 1. The number of primary amides is 1. The van der Waals surface area contributed by atoms with Crippen LogP contribution in [-0.2, 0) is 75.8 Å². The fourth-order valence-corrected chi connectivity index (χ4v) is 12.2. The summed E-state index contributed by atoms with van der Waals surface area (Å²) in [5.74, 6) is -12.3. The second-order valence-corrected chi connectivity index (χ2v) is 22.9. The fraction of sp³-hybridized carbons (Fsp3) is 0.635. The molecule has 442 valence electrons. The highest BCUT2D eigenvalue weighted by Gasteiger charge is 2.45. The highest BCUT2D eigenvalue weighted by Crippen LogP contribution is 2.37. The van der Waals surface area contributed by atoms with Crippen LogP contribution in [0.15, 0.2) is 22.3 Å². The fourth-order valence-electron chi connectivity index (χ4n) is 9.93. The van der Waals surface area contributed by atoms with Gasteiger partial charge in [0.2, 0.25) is 47.3 Å². The summed E-state index contributed by atoms with van der Waals surface area (Å²) in [5.41, 5.74) is 6.67. The Morgan fingerprint density at radius 3 is 2.40 bits per heavy atom. The molecule has 8 amide bonds. The Morgan fingerprint density at radius 1 is 0.975 bits per heavy atom. The SMILES string of the molecule is C=NOCCCCCC(=O)NCCSCc1c(OC)ccc2c3c([nH]c12)S(=O)C[C@@H]1NC(=O)CNC(=O)[C@H]([C@@H](C)CC)CC(=O)CNC(=O)[C@@H](CC(=O)[C@H]([C@@H](C)[C@@H](O)CO)NC(=O)[C@@H]2C[C@@H](O)CN2C(=O)[C@H](CC(N)=O)NC1=O)C3. The summed E-state index contributed by atoms with van der Waals surface area (Å²) in [6.07, 6.45) is -2.90. The molecule has 80 heavy (non-hydrogen) atoms. The van der Waals surface area contributed by atoms with E-state index >= 15 is 4.21 Å². The summed E-state index contributed by atoms with van der Waals surface area (Å²) in [4.78, 5) is 149. The van der Waals surface area contributed by atoms with E-state index in [0.29, 0.717) is 66.8 Å². The Hall–Kier alpha value is -6.49. The summed E-state index contributed by atoms with van der Waals surface area (Å²) in [5, 5.41) is 51.0. The number of ketones is 2. The lowest BCUT2D eigenvalue weighted by Crippen LogP contribution is -2.60. The molecule has 5 rings (SSSR count). The molecule has 0 aliphatic carbocycles. The van der Waals surface area contributed by atoms with E-state index in [9.17, 15) is 63.3 Å². The molecular weight excluding hydrogens is 1080 g/mol. The lowest BCUT2D eigenvalue weighted by molar-refractivity contribution is -0.144. The molecule has 0 saturated carbocycles. The van der Waals surface area contributed by atoms with Gasteiger partial charge in [-0.1, -0.05) is 27.2 Å². The molecule has 11 atom stereocenters. The molecule has 1 aromatic heterocycles. The van der Waals surface area contributed by atoms with Gasteiger partial charge in [-0.25, -0.2) is 0 Å². The number of amides is 8. The molecule has 1 unspecified atom stereocenters. The van der Waals surface area contributed by atoms with Crippen LogP contribution in [0.2, 0.25) is 0 Å². The number of carbonyl (C=O) groups is 10. The number of methoxy groups -OCH3 is 1. The molecule has 2 bridgehead atoms. The van der Waals surface area contributed by atoms with Gasteiger partial charge >= 0.3 is 0 Å². The van der Waals surface area contributed by atoms with Gasteiger partial charge in [0.05, 0.1) is 73.5 Å². The minimum absolute atomic E-state index is 0.0908. The number of ether oxygens (including phenoxy) is 1. The Morgan fingerprint density at radius 2 is 1.71 bits per heavy atom. The number of hydrogen-bond donors (Lipinski definition) is 11. The quantitative estimate of drug-likeness (QED) is 0.0392. The highest BCUT2D eigenvalue weighted by atomic mass is 32.2. The van der Waals surface area contributed by atoms with Crippen molar-refractivity contribution < 1.29 is 77.0 Å². The lowest BCUT2D eigenvalue weighted by Gasteiger charge is -2.32. The third-order valence-electron chi connectivity index (χ3n) is 14.7. The molecule has 28 heteroatoms. The zero-order valence-corrected chi connectivity index (χ0v) is 47.1. The van der Waals surface area contributed by atoms with Crippen molar-refractivity contribution in [3.8, 4) is 5.75 Å². The molecule has 1 aromatic carbocycles. The van der Waals surface area contributed by atoms with Crippen molar-refractivity contribution in [3.63, 3.8) is 0 Å². The molecule has 3 aliphatic heterocycles. The predicted octanol–water partition coefficient (Wildman–Crippen LogP) is -1.89. The smallest absolute Gasteiger partial charge is 0.246 e. The standard InChI is InChI=1S/C52H76N10O16S2/c1-6-27(2)33-18-30(64)21-56-47(71)29-16-34-32-11-12-41(77-5)35(25-79-15-13-55-43(69)10-8-7-9-14-78-54-4)46(32)61-51(34)80(76)26-37(58-44(70)22-57-48(33)72)49(73)59-36(20-42(53)68)52(75)62-23-31(65)19-38(62)50(74)60-45(39(66)17-29)28(3)40(67)24-63/h11-12,27-29,31,33,36-38,40,45,61,63,65,67H,4,6-10,13-26H2,1-3,5H3,(H2,53,68)(H,55,69)(H,56,71)(H,57,72)(H,58,70)(H,59,73)(H,60,74)/t27-,28-,29+,31+,33-,36-,37-,38-,40-,45-,80?/m0/s1. The molecule has 0 spiro atoms. The second-order valence-electron chi connectivity index (χ2n) is 20.4. The number of unbranched alkanes of at least 4 members (excludes halogenated alkanes) is 2. The van der Waals surface area contributed by atoms with Crippen molar-refractivity contribution in [3.05, 3.63) is 23.3 Å². The van der Waals surface area contributed by atoms with Crippen molar-refractivity contribution in [2.75, 3.05) is 58.0 Å². The molecule has 0 radical (unpaired) electrons. The molecular formula is C52H76N10O16S2. The summed E-state index contributed by atoms with van der Waals surface area (Å²) in [7, 11) is -0.966. The maximum absolute atomic E-state index is 15.3. The number of aromatic nitrogens is 1. The number of fused-ring (bicyclic) bond motifs is 5. The summed E-state index contributed by atoms with van der Waals surface area (Å²) in [6.45, 7) is 6.11. The van der Waals surface area contributed by atoms with Crippen molar-refractivity contribution in [2.45, 2.75) is 132 Å². The topological polar surface area (TPSA) is 397 Å². The Kier molecular flexibility index (Phi) is 24.9. The van der Waals surface area contributed by atoms with Gasteiger partial charge in [-0.3, -0.25) is 52.2 Å². The van der Waals surface area contributed by atoms with E-state index in [1.165, 1.54) is 25.8 Å². The number of hydrogen-bond acceptors (Lipinski definition) is 18. The normalized spacial score (nSPS) is 25.2. The number of oxime groups is 1. The zero-order valence-electron chi connectivity index (χ0n) is 45.5. The van der Waals surface area contributed by atoms with Crippen LogP contribution >= 0.6 is 11.8 Å². The maximum Gasteiger partial charge on any atom is 0.246 e. The van der Waals surface area contributed by atoms with Gasteiger partial charge in [-0.05, 0) is 49.3 Å². The summed E-state index contributed by atoms with van der Waals surface area (Å²) >= 11 is 1.42. The number of thioether (sulfide) groups is 1.